The van der Waals surface area contributed by atoms with Gasteiger partial charge in [0.1, 0.15) is 12.4 Å². The summed E-state index contributed by atoms with van der Waals surface area (Å²) < 4.78 is 34.2. The number of rotatable bonds is 8. The molecule has 0 radical (unpaired) electrons. The van der Waals surface area contributed by atoms with Crippen LogP contribution in [0.3, 0.4) is 0 Å². The van der Waals surface area contributed by atoms with Crippen molar-refractivity contribution in [2.45, 2.75) is 51.1 Å². The fourth-order valence-corrected chi connectivity index (χ4v) is 6.81. The van der Waals surface area contributed by atoms with Crippen LogP contribution in [-0.4, -0.2) is 49.3 Å². The van der Waals surface area contributed by atoms with E-state index in [9.17, 15) is 13.2 Å². The maximum atomic E-state index is 13.6. The summed E-state index contributed by atoms with van der Waals surface area (Å²) in [7, 11) is -3.82. The third-order valence-corrected chi connectivity index (χ3v) is 9.37. The second-order valence-electron chi connectivity index (χ2n) is 9.23. The van der Waals surface area contributed by atoms with Gasteiger partial charge < -0.3 is 9.64 Å². The Bertz CT molecular complexity index is 1270. The molecule has 6 nitrogen and oxygen atoms in total. The lowest BCUT2D eigenvalue weighted by molar-refractivity contribution is -0.135. The van der Waals surface area contributed by atoms with Crippen LogP contribution in [0.25, 0.3) is 0 Å². The number of carbonyl (C=O) groups excluding carboxylic acids is 1. The molecule has 0 N–H and O–H groups in total. The number of fused-ring (bicyclic) bond motifs is 1. The van der Waals surface area contributed by atoms with E-state index in [2.05, 4.69) is 0 Å². The molecule has 0 unspecified atom stereocenters. The van der Waals surface area contributed by atoms with Gasteiger partial charge in [0, 0.05) is 17.5 Å². The lowest BCUT2D eigenvalue weighted by Gasteiger charge is -2.37. The maximum absolute atomic E-state index is 13.6. The molecule has 1 aliphatic rings. The summed E-state index contributed by atoms with van der Waals surface area (Å²) in [6, 6.07) is 16.0. The molecular formula is C27H32N2O4S2. The smallest absolute Gasteiger partial charge is 0.243 e. The summed E-state index contributed by atoms with van der Waals surface area (Å²) in [5.74, 6) is 0.528. The van der Waals surface area contributed by atoms with E-state index in [0.717, 1.165) is 28.9 Å². The molecule has 3 aromatic rings. The molecule has 1 amide bonds. The number of benzene rings is 2. The van der Waals surface area contributed by atoms with Crippen molar-refractivity contribution in [1.82, 2.24) is 9.21 Å². The quantitative estimate of drug-likeness (QED) is 0.427. The molecule has 0 fully saturated rings. The van der Waals surface area contributed by atoms with Crippen molar-refractivity contribution in [3.8, 4) is 5.75 Å². The molecule has 4 rings (SSSR count). The standard InChI is InChI=1S/C27H32N2O4S2/c1-19(2)29(35(31,32)23-11-7-21(4)8-12-23)17-27(30)28-15-13-26-24(14-16-34-26)25(28)18-33-22-9-5-20(3)6-10-22/h5-12,14,16,19,25H,13,15,17-18H2,1-4H3/t25-/m1/s1. The Morgan fingerprint density at radius 2 is 1.69 bits per heavy atom. The summed E-state index contributed by atoms with van der Waals surface area (Å²) in [5, 5.41) is 2.04. The fraction of sp³-hybridized carbons (Fsp3) is 0.370. The van der Waals surface area contributed by atoms with E-state index in [1.807, 2.05) is 49.6 Å². The summed E-state index contributed by atoms with van der Waals surface area (Å²) in [5.41, 5.74) is 3.21. The van der Waals surface area contributed by atoms with Gasteiger partial charge in [0.25, 0.3) is 0 Å². The second-order valence-corrected chi connectivity index (χ2v) is 12.1. The number of hydrogen-bond acceptors (Lipinski definition) is 5. The minimum atomic E-state index is -3.82. The van der Waals surface area contributed by atoms with Crippen LogP contribution in [0.15, 0.2) is 64.9 Å². The molecule has 0 saturated heterocycles. The van der Waals surface area contributed by atoms with Crippen molar-refractivity contribution >= 4 is 27.3 Å². The van der Waals surface area contributed by atoms with E-state index in [0.29, 0.717) is 13.2 Å². The van der Waals surface area contributed by atoms with E-state index in [4.69, 9.17) is 4.74 Å². The minimum Gasteiger partial charge on any atom is -0.491 e. The monoisotopic (exact) mass is 512 g/mol. The van der Waals surface area contributed by atoms with Crippen LogP contribution in [0.5, 0.6) is 5.75 Å². The van der Waals surface area contributed by atoms with Crippen molar-refractivity contribution in [2.75, 3.05) is 19.7 Å². The summed E-state index contributed by atoms with van der Waals surface area (Å²) >= 11 is 1.69. The van der Waals surface area contributed by atoms with Crippen molar-refractivity contribution in [3.05, 3.63) is 81.5 Å². The van der Waals surface area contributed by atoms with Gasteiger partial charge in [-0.25, -0.2) is 8.42 Å². The topological polar surface area (TPSA) is 66.9 Å². The number of ether oxygens (including phenoxy) is 1. The van der Waals surface area contributed by atoms with Gasteiger partial charge in [-0.3, -0.25) is 4.79 Å². The minimum absolute atomic E-state index is 0.197. The van der Waals surface area contributed by atoms with Gasteiger partial charge in [-0.15, -0.1) is 11.3 Å². The van der Waals surface area contributed by atoms with E-state index in [1.165, 1.54) is 9.18 Å². The zero-order valence-corrected chi connectivity index (χ0v) is 22.2. The van der Waals surface area contributed by atoms with E-state index in [-0.39, 0.29) is 29.4 Å². The maximum Gasteiger partial charge on any atom is 0.243 e. The first-order chi connectivity index (χ1) is 16.7. The van der Waals surface area contributed by atoms with Gasteiger partial charge in [0.2, 0.25) is 15.9 Å². The van der Waals surface area contributed by atoms with Crippen LogP contribution >= 0.6 is 11.3 Å². The number of sulfonamides is 1. The lowest BCUT2D eigenvalue weighted by Crippen LogP contribution is -2.49. The molecular weight excluding hydrogens is 480 g/mol. The second kappa shape index (κ2) is 10.5. The Balaban J connectivity index is 1.56. The predicted octanol–water partition coefficient (Wildman–Crippen LogP) is 4.97. The van der Waals surface area contributed by atoms with Gasteiger partial charge >= 0.3 is 0 Å². The SMILES string of the molecule is Cc1ccc(OC[C@@H]2c3ccsc3CCN2C(=O)CN(C(C)C)S(=O)(=O)c2ccc(C)cc2)cc1. The molecule has 1 aromatic heterocycles. The number of carbonyl (C=O) groups is 1. The molecule has 0 aliphatic carbocycles. The van der Waals surface area contributed by atoms with Crippen molar-refractivity contribution in [2.24, 2.45) is 0 Å². The van der Waals surface area contributed by atoms with E-state index < -0.39 is 10.0 Å². The zero-order valence-electron chi connectivity index (χ0n) is 20.6. The molecule has 2 heterocycles. The summed E-state index contributed by atoms with van der Waals surface area (Å²) in [6.07, 6.45) is 0.756. The predicted molar refractivity (Wildman–Crippen MR) is 139 cm³/mol. The van der Waals surface area contributed by atoms with Gasteiger partial charge in [0.05, 0.1) is 17.5 Å². The number of amides is 1. The Labute approximate surface area is 212 Å². The average molecular weight is 513 g/mol. The van der Waals surface area contributed by atoms with E-state index in [1.54, 1.807) is 54.3 Å². The fourth-order valence-electron chi connectivity index (χ4n) is 4.30. The Morgan fingerprint density at radius 1 is 1.06 bits per heavy atom. The molecule has 8 heteroatoms. The third-order valence-electron chi connectivity index (χ3n) is 6.34. The molecule has 0 bridgehead atoms. The van der Waals surface area contributed by atoms with E-state index >= 15 is 0 Å². The van der Waals surface area contributed by atoms with Crippen LogP contribution in [0.1, 0.15) is 41.5 Å². The van der Waals surface area contributed by atoms with Crippen LogP contribution in [0.2, 0.25) is 0 Å². The van der Waals surface area contributed by atoms with Crippen molar-refractivity contribution < 1.29 is 17.9 Å². The first-order valence-electron chi connectivity index (χ1n) is 11.8. The first kappa shape index (κ1) is 25.4. The van der Waals surface area contributed by atoms with Crippen LogP contribution in [0.4, 0.5) is 0 Å². The molecule has 35 heavy (non-hydrogen) atoms. The van der Waals surface area contributed by atoms with Crippen LogP contribution in [-0.2, 0) is 21.2 Å². The van der Waals surface area contributed by atoms with Crippen LogP contribution < -0.4 is 4.74 Å². The van der Waals surface area contributed by atoms with Crippen molar-refractivity contribution in [3.63, 3.8) is 0 Å². The third kappa shape index (κ3) is 5.60. The Hall–Kier alpha value is -2.68. The molecule has 1 aliphatic heterocycles. The highest BCUT2D eigenvalue weighted by molar-refractivity contribution is 7.89. The molecule has 2 aromatic carbocycles. The van der Waals surface area contributed by atoms with Gasteiger partial charge in [-0.05, 0) is 75.4 Å². The van der Waals surface area contributed by atoms with Gasteiger partial charge in [-0.2, -0.15) is 4.31 Å². The normalized spacial score (nSPS) is 15.9. The molecule has 1 atom stereocenters. The Kier molecular flexibility index (Phi) is 7.64. The highest BCUT2D eigenvalue weighted by Crippen LogP contribution is 2.34. The van der Waals surface area contributed by atoms with Gasteiger partial charge in [0.15, 0.2) is 0 Å². The van der Waals surface area contributed by atoms with Crippen molar-refractivity contribution in [1.29, 1.82) is 0 Å². The average Bonchev–Trinajstić information content (AvgIpc) is 3.31. The molecule has 0 saturated carbocycles. The highest BCUT2D eigenvalue weighted by atomic mass is 32.2. The number of hydrogen-bond donors (Lipinski definition) is 0. The first-order valence-corrected chi connectivity index (χ1v) is 14.1. The summed E-state index contributed by atoms with van der Waals surface area (Å²) in [6.45, 7) is 8.15. The molecule has 0 spiro atoms. The summed E-state index contributed by atoms with van der Waals surface area (Å²) in [4.78, 5) is 16.8. The van der Waals surface area contributed by atoms with Crippen LogP contribution in [0, 0.1) is 13.8 Å². The zero-order chi connectivity index (χ0) is 25.2. The highest BCUT2D eigenvalue weighted by Gasteiger charge is 2.36. The van der Waals surface area contributed by atoms with Gasteiger partial charge in [-0.1, -0.05) is 35.4 Å². The lowest BCUT2D eigenvalue weighted by atomic mass is 10.0. The number of nitrogens with zero attached hydrogens (tertiary/aromatic N) is 2. The largest absolute Gasteiger partial charge is 0.491 e. The number of thiophene rings is 1. The number of aryl methyl sites for hydroxylation is 2. The Morgan fingerprint density at radius 3 is 2.31 bits per heavy atom. The molecule has 186 valence electrons.